The van der Waals surface area contributed by atoms with E-state index >= 15 is 0 Å². The number of carbonyl (C=O) groups excluding carboxylic acids is 1. The van der Waals surface area contributed by atoms with Crippen molar-refractivity contribution in [1.29, 1.82) is 0 Å². The minimum absolute atomic E-state index is 0.00368. The van der Waals surface area contributed by atoms with Crippen molar-refractivity contribution in [2.75, 3.05) is 13.2 Å². The number of carbonyl (C=O) groups is 1. The Kier molecular flexibility index (Phi) is 4.91. The summed E-state index contributed by atoms with van der Waals surface area (Å²) in [6, 6.07) is 17.0. The van der Waals surface area contributed by atoms with Crippen molar-refractivity contribution >= 4 is 5.97 Å². The van der Waals surface area contributed by atoms with Gasteiger partial charge in [0.15, 0.2) is 0 Å². The van der Waals surface area contributed by atoms with E-state index in [1.54, 1.807) is 19.1 Å². The molecule has 0 spiro atoms. The summed E-state index contributed by atoms with van der Waals surface area (Å²) in [5, 5.41) is 9.65. The minimum atomic E-state index is -0.334. The fraction of sp³-hybridized carbons (Fsp3) is 0.235. The number of esters is 1. The van der Waals surface area contributed by atoms with Gasteiger partial charge in [-0.2, -0.15) is 0 Å². The van der Waals surface area contributed by atoms with Crippen molar-refractivity contribution in [1.82, 2.24) is 0 Å². The second-order valence-electron chi connectivity index (χ2n) is 4.49. The minimum Gasteiger partial charge on any atom is -0.462 e. The molecule has 2 rings (SSSR count). The van der Waals surface area contributed by atoms with E-state index in [-0.39, 0.29) is 18.5 Å². The van der Waals surface area contributed by atoms with E-state index in [0.717, 1.165) is 11.1 Å². The van der Waals surface area contributed by atoms with E-state index in [4.69, 9.17) is 4.74 Å². The number of benzene rings is 2. The molecule has 2 aromatic carbocycles. The average molecular weight is 270 g/mol. The smallest absolute Gasteiger partial charge is 0.338 e. The third-order valence-electron chi connectivity index (χ3n) is 3.18. The molecule has 0 saturated heterocycles. The summed E-state index contributed by atoms with van der Waals surface area (Å²) in [4.78, 5) is 11.8. The van der Waals surface area contributed by atoms with Crippen LogP contribution in [0.25, 0.3) is 0 Å². The summed E-state index contributed by atoms with van der Waals surface area (Å²) >= 11 is 0. The molecule has 0 aromatic heterocycles. The maximum absolute atomic E-state index is 11.8. The lowest BCUT2D eigenvalue weighted by atomic mass is 9.91. The molecular formula is C17H18O3. The standard InChI is InChI=1S/C17H18O3/c1-2-20-17(19)15-10-6-9-14(11-15)16(12-18)13-7-4-3-5-8-13/h3-11,16,18H,2,12H2,1H3/t16-/m0/s1. The molecule has 0 aliphatic heterocycles. The highest BCUT2D eigenvalue weighted by Gasteiger charge is 2.15. The monoisotopic (exact) mass is 270 g/mol. The number of hydrogen-bond donors (Lipinski definition) is 1. The highest BCUT2D eigenvalue weighted by atomic mass is 16.5. The molecule has 0 fully saturated rings. The van der Waals surface area contributed by atoms with Gasteiger partial charge in [0.05, 0.1) is 18.8 Å². The summed E-state index contributed by atoms with van der Waals surface area (Å²) in [5.74, 6) is -0.468. The van der Waals surface area contributed by atoms with Crippen LogP contribution in [0.15, 0.2) is 54.6 Å². The Bertz CT molecular complexity index is 563. The van der Waals surface area contributed by atoms with Gasteiger partial charge in [-0.25, -0.2) is 4.79 Å². The number of ether oxygens (including phenoxy) is 1. The summed E-state index contributed by atoms with van der Waals surface area (Å²) in [5.41, 5.74) is 2.44. The summed E-state index contributed by atoms with van der Waals surface area (Å²) in [6.45, 7) is 2.13. The van der Waals surface area contributed by atoms with Crippen LogP contribution in [0.1, 0.15) is 34.3 Å². The van der Waals surface area contributed by atoms with Crippen LogP contribution >= 0.6 is 0 Å². The van der Waals surface area contributed by atoms with Gasteiger partial charge >= 0.3 is 5.97 Å². The van der Waals surface area contributed by atoms with Gasteiger partial charge in [0, 0.05) is 5.92 Å². The van der Waals surface area contributed by atoms with Gasteiger partial charge in [-0.15, -0.1) is 0 Å². The zero-order valence-corrected chi connectivity index (χ0v) is 11.5. The number of aliphatic hydroxyl groups excluding tert-OH is 1. The average Bonchev–Trinajstić information content (AvgIpc) is 2.50. The van der Waals surface area contributed by atoms with Gasteiger partial charge in [0.1, 0.15) is 0 Å². The van der Waals surface area contributed by atoms with Crippen LogP contribution < -0.4 is 0 Å². The van der Waals surface area contributed by atoms with E-state index in [2.05, 4.69) is 0 Å². The molecule has 3 nitrogen and oxygen atoms in total. The molecule has 0 radical (unpaired) electrons. The Hall–Kier alpha value is -2.13. The first-order valence-electron chi connectivity index (χ1n) is 6.69. The van der Waals surface area contributed by atoms with Crippen LogP contribution in [0, 0.1) is 0 Å². The van der Waals surface area contributed by atoms with Crippen molar-refractivity contribution in [3.05, 3.63) is 71.3 Å². The first-order chi connectivity index (χ1) is 9.76. The second kappa shape index (κ2) is 6.87. The van der Waals surface area contributed by atoms with E-state index in [1.165, 1.54) is 0 Å². The number of hydrogen-bond acceptors (Lipinski definition) is 3. The Balaban J connectivity index is 2.31. The lowest BCUT2D eigenvalue weighted by Gasteiger charge is -2.16. The largest absolute Gasteiger partial charge is 0.462 e. The summed E-state index contributed by atoms with van der Waals surface area (Å²) < 4.78 is 5.00. The molecule has 104 valence electrons. The van der Waals surface area contributed by atoms with Crippen molar-refractivity contribution in [3.8, 4) is 0 Å². The molecular weight excluding hydrogens is 252 g/mol. The predicted octanol–water partition coefficient (Wildman–Crippen LogP) is 2.99. The van der Waals surface area contributed by atoms with Crippen molar-refractivity contribution in [2.45, 2.75) is 12.8 Å². The fourth-order valence-electron chi connectivity index (χ4n) is 2.19. The molecule has 0 amide bonds. The van der Waals surface area contributed by atoms with Crippen LogP contribution in [0.2, 0.25) is 0 Å². The maximum atomic E-state index is 11.8. The molecule has 2 aromatic rings. The molecule has 20 heavy (non-hydrogen) atoms. The Labute approximate surface area is 118 Å². The molecule has 0 unspecified atom stereocenters. The number of aliphatic hydroxyl groups is 1. The Morgan fingerprint density at radius 1 is 1.10 bits per heavy atom. The van der Waals surface area contributed by atoms with Crippen LogP contribution in [0.5, 0.6) is 0 Å². The maximum Gasteiger partial charge on any atom is 0.338 e. The van der Waals surface area contributed by atoms with Gasteiger partial charge in [-0.1, -0.05) is 42.5 Å². The van der Waals surface area contributed by atoms with Gasteiger partial charge in [-0.3, -0.25) is 0 Å². The Morgan fingerprint density at radius 2 is 1.80 bits per heavy atom. The topological polar surface area (TPSA) is 46.5 Å². The molecule has 1 atom stereocenters. The van der Waals surface area contributed by atoms with Crippen LogP contribution in [0.4, 0.5) is 0 Å². The van der Waals surface area contributed by atoms with Gasteiger partial charge in [-0.05, 0) is 30.2 Å². The third-order valence-corrected chi connectivity index (χ3v) is 3.18. The third kappa shape index (κ3) is 3.25. The van der Waals surface area contributed by atoms with Gasteiger partial charge < -0.3 is 9.84 Å². The second-order valence-corrected chi connectivity index (χ2v) is 4.49. The quantitative estimate of drug-likeness (QED) is 0.850. The first-order valence-corrected chi connectivity index (χ1v) is 6.69. The molecule has 0 aliphatic rings. The SMILES string of the molecule is CCOC(=O)c1cccc([C@@H](CO)c2ccccc2)c1. The zero-order valence-electron chi connectivity index (χ0n) is 11.5. The van der Waals surface area contributed by atoms with Crippen LogP contribution in [-0.4, -0.2) is 24.3 Å². The highest BCUT2D eigenvalue weighted by Crippen LogP contribution is 2.24. The molecule has 0 heterocycles. The van der Waals surface area contributed by atoms with Crippen LogP contribution in [0.3, 0.4) is 0 Å². The Morgan fingerprint density at radius 3 is 2.45 bits per heavy atom. The van der Waals surface area contributed by atoms with Crippen molar-refractivity contribution in [3.63, 3.8) is 0 Å². The molecule has 1 N–H and O–H groups in total. The predicted molar refractivity (Wildman–Crippen MR) is 77.8 cm³/mol. The fourth-order valence-corrected chi connectivity index (χ4v) is 2.19. The van der Waals surface area contributed by atoms with Crippen molar-refractivity contribution in [2.24, 2.45) is 0 Å². The van der Waals surface area contributed by atoms with E-state index in [1.807, 2.05) is 42.5 Å². The van der Waals surface area contributed by atoms with E-state index < -0.39 is 0 Å². The molecule has 0 saturated carbocycles. The normalized spacial score (nSPS) is 11.9. The highest BCUT2D eigenvalue weighted by molar-refractivity contribution is 5.89. The zero-order chi connectivity index (χ0) is 14.4. The molecule has 3 heteroatoms. The van der Waals surface area contributed by atoms with Crippen molar-refractivity contribution < 1.29 is 14.6 Å². The summed E-state index contributed by atoms with van der Waals surface area (Å²) in [7, 11) is 0. The summed E-state index contributed by atoms with van der Waals surface area (Å²) in [6.07, 6.45) is 0. The lowest BCUT2D eigenvalue weighted by Crippen LogP contribution is -2.09. The van der Waals surface area contributed by atoms with E-state index in [0.29, 0.717) is 12.2 Å². The number of rotatable bonds is 5. The first kappa shape index (κ1) is 14.3. The van der Waals surface area contributed by atoms with Gasteiger partial charge in [0.25, 0.3) is 0 Å². The lowest BCUT2D eigenvalue weighted by molar-refractivity contribution is 0.0526. The molecule has 0 aliphatic carbocycles. The van der Waals surface area contributed by atoms with Gasteiger partial charge in [0.2, 0.25) is 0 Å². The van der Waals surface area contributed by atoms with Crippen LogP contribution in [-0.2, 0) is 4.74 Å². The van der Waals surface area contributed by atoms with E-state index in [9.17, 15) is 9.90 Å². The molecule has 0 bridgehead atoms.